The molecular formula is C11H14ClN3. The summed E-state index contributed by atoms with van der Waals surface area (Å²) in [7, 11) is 0. The van der Waals surface area contributed by atoms with Crippen molar-refractivity contribution >= 4 is 17.2 Å². The Morgan fingerprint density at radius 3 is 3.33 bits per heavy atom. The summed E-state index contributed by atoms with van der Waals surface area (Å²) in [5.74, 6) is 1.22. The maximum Gasteiger partial charge on any atom is 0.109 e. The fourth-order valence-corrected chi connectivity index (χ4v) is 2.63. The lowest BCUT2D eigenvalue weighted by Crippen LogP contribution is -2.29. The van der Waals surface area contributed by atoms with Gasteiger partial charge in [0.25, 0.3) is 0 Å². The zero-order valence-electron chi connectivity index (χ0n) is 8.54. The predicted molar refractivity (Wildman–Crippen MR) is 61.0 cm³/mol. The van der Waals surface area contributed by atoms with Gasteiger partial charge in [-0.1, -0.05) is 6.08 Å². The quantitative estimate of drug-likeness (QED) is 0.730. The summed E-state index contributed by atoms with van der Waals surface area (Å²) in [5.41, 5.74) is 2.54. The number of nitrogens with zero attached hydrogens (tertiary/aromatic N) is 2. The molecule has 0 bridgehead atoms. The zero-order valence-corrected chi connectivity index (χ0v) is 9.30. The molecular weight excluding hydrogens is 210 g/mol. The molecule has 0 aliphatic carbocycles. The summed E-state index contributed by atoms with van der Waals surface area (Å²) in [6.07, 6.45) is 6.48. The molecule has 2 aliphatic heterocycles. The van der Waals surface area contributed by atoms with Crippen LogP contribution in [-0.2, 0) is 13.0 Å². The van der Waals surface area contributed by atoms with E-state index in [4.69, 9.17) is 11.6 Å². The highest BCUT2D eigenvalue weighted by Crippen LogP contribution is 2.24. The second kappa shape index (κ2) is 3.65. The number of alkyl halides is 1. The lowest BCUT2D eigenvalue weighted by atomic mass is 10.1. The molecule has 1 aromatic heterocycles. The van der Waals surface area contributed by atoms with Gasteiger partial charge in [-0.2, -0.15) is 0 Å². The molecule has 15 heavy (non-hydrogen) atoms. The Balaban J connectivity index is 1.98. The van der Waals surface area contributed by atoms with Crippen molar-refractivity contribution in [1.29, 1.82) is 0 Å². The number of fused-ring (bicyclic) bond motifs is 1. The molecule has 3 heterocycles. The van der Waals surface area contributed by atoms with Crippen molar-refractivity contribution in [1.82, 2.24) is 14.9 Å². The Morgan fingerprint density at radius 2 is 2.47 bits per heavy atom. The highest BCUT2D eigenvalue weighted by molar-refractivity contribution is 6.22. The molecule has 0 saturated heterocycles. The largest absolute Gasteiger partial charge is 0.328 e. The minimum Gasteiger partial charge on any atom is -0.328 e. The Bertz CT molecular complexity index is 408. The van der Waals surface area contributed by atoms with Gasteiger partial charge in [0.2, 0.25) is 0 Å². The van der Waals surface area contributed by atoms with E-state index in [2.05, 4.69) is 20.9 Å². The number of imidazole rings is 1. The van der Waals surface area contributed by atoms with E-state index < -0.39 is 0 Å². The van der Waals surface area contributed by atoms with Crippen molar-refractivity contribution in [2.45, 2.75) is 24.8 Å². The van der Waals surface area contributed by atoms with Crippen molar-refractivity contribution in [3.8, 4) is 0 Å². The van der Waals surface area contributed by atoms with Gasteiger partial charge in [0, 0.05) is 26.1 Å². The lowest BCUT2D eigenvalue weighted by molar-refractivity contribution is 0.713. The third kappa shape index (κ3) is 1.60. The van der Waals surface area contributed by atoms with Gasteiger partial charge in [0.15, 0.2) is 0 Å². The number of aromatic nitrogens is 2. The monoisotopic (exact) mass is 223 g/mol. The average Bonchev–Trinajstić information content (AvgIpc) is 2.77. The lowest BCUT2D eigenvalue weighted by Gasteiger charge is -2.18. The van der Waals surface area contributed by atoms with Crippen LogP contribution in [0.5, 0.6) is 0 Å². The SMILES string of the molecule is ClC1C=C(c2cnc3n2CCC3)CNC1. The molecule has 0 amide bonds. The summed E-state index contributed by atoms with van der Waals surface area (Å²) in [6.45, 7) is 2.88. The first-order valence-corrected chi connectivity index (χ1v) is 5.88. The van der Waals surface area contributed by atoms with Gasteiger partial charge in [0.05, 0.1) is 17.3 Å². The average molecular weight is 224 g/mol. The van der Waals surface area contributed by atoms with Crippen molar-refractivity contribution in [2.75, 3.05) is 13.1 Å². The molecule has 0 radical (unpaired) electrons. The second-order valence-corrected chi connectivity index (χ2v) is 4.71. The van der Waals surface area contributed by atoms with E-state index in [1.165, 1.54) is 23.5 Å². The fourth-order valence-electron chi connectivity index (χ4n) is 2.37. The molecule has 1 unspecified atom stereocenters. The Labute approximate surface area is 94.1 Å². The van der Waals surface area contributed by atoms with Gasteiger partial charge in [-0.3, -0.25) is 0 Å². The highest BCUT2D eigenvalue weighted by Gasteiger charge is 2.20. The van der Waals surface area contributed by atoms with Crippen LogP contribution in [0.25, 0.3) is 5.57 Å². The van der Waals surface area contributed by atoms with E-state index in [0.717, 1.165) is 26.1 Å². The third-order valence-electron chi connectivity index (χ3n) is 3.09. The van der Waals surface area contributed by atoms with Crippen LogP contribution in [0.4, 0.5) is 0 Å². The third-order valence-corrected chi connectivity index (χ3v) is 3.37. The Kier molecular flexibility index (Phi) is 2.29. The van der Waals surface area contributed by atoms with Crippen LogP contribution in [0.1, 0.15) is 17.9 Å². The zero-order chi connectivity index (χ0) is 10.3. The van der Waals surface area contributed by atoms with Gasteiger partial charge < -0.3 is 9.88 Å². The molecule has 1 atom stereocenters. The smallest absolute Gasteiger partial charge is 0.109 e. The van der Waals surface area contributed by atoms with Crippen LogP contribution in [0, 0.1) is 0 Å². The van der Waals surface area contributed by atoms with Gasteiger partial charge in [-0.15, -0.1) is 11.6 Å². The summed E-state index contributed by atoms with van der Waals surface area (Å²) < 4.78 is 2.32. The van der Waals surface area contributed by atoms with Gasteiger partial charge in [-0.05, 0) is 12.0 Å². The molecule has 0 aromatic carbocycles. The number of hydrogen-bond acceptors (Lipinski definition) is 2. The van der Waals surface area contributed by atoms with E-state index in [1.807, 2.05) is 6.20 Å². The van der Waals surface area contributed by atoms with Crippen molar-refractivity contribution in [2.24, 2.45) is 0 Å². The second-order valence-electron chi connectivity index (χ2n) is 4.15. The molecule has 80 valence electrons. The van der Waals surface area contributed by atoms with Gasteiger partial charge in [0.1, 0.15) is 5.82 Å². The molecule has 1 aromatic rings. The minimum absolute atomic E-state index is 0.112. The van der Waals surface area contributed by atoms with Gasteiger partial charge in [-0.25, -0.2) is 4.98 Å². The van der Waals surface area contributed by atoms with E-state index in [9.17, 15) is 0 Å². The highest BCUT2D eigenvalue weighted by atomic mass is 35.5. The van der Waals surface area contributed by atoms with Gasteiger partial charge >= 0.3 is 0 Å². The van der Waals surface area contributed by atoms with E-state index in [-0.39, 0.29) is 5.38 Å². The molecule has 0 spiro atoms. The van der Waals surface area contributed by atoms with Crippen molar-refractivity contribution in [3.63, 3.8) is 0 Å². The summed E-state index contributed by atoms with van der Waals surface area (Å²) >= 11 is 6.11. The van der Waals surface area contributed by atoms with E-state index >= 15 is 0 Å². The number of aryl methyl sites for hydroxylation is 1. The van der Waals surface area contributed by atoms with Crippen molar-refractivity contribution < 1.29 is 0 Å². The number of hydrogen-bond donors (Lipinski definition) is 1. The summed E-state index contributed by atoms with van der Waals surface area (Å²) in [6, 6.07) is 0. The topological polar surface area (TPSA) is 29.9 Å². The first kappa shape index (κ1) is 9.43. The summed E-state index contributed by atoms with van der Waals surface area (Å²) in [4.78, 5) is 4.45. The minimum atomic E-state index is 0.112. The number of rotatable bonds is 1. The maximum absolute atomic E-state index is 6.11. The molecule has 0 saturated carbocycles. The molecule has 3 rings (SSSR count). The van der Waals surface area contributed by atoms with E-state index in [1.54, 1.807) is 0 Å². The Hall–Kier alpha value is -0.800. The predicted octanol–water partition coefficient (Wildman–Crippen LogP) is 1.42. The van der Waals surface area contributed by atoms with Crippen LogP contribution >= 0.6 is 11.6 Å². The van der Waals surface area contributed by atoms with E-state index in [0.29, 0.717) is 0 Å². The first-order chi connectivity index (χ1) is 7.34. The van der Waals surface area contributed by atoms with Crippen LogP contribution < -0.4 is 5.32 Å². The first-order valence-electron chi connectivity index (χ1n) is 5.45. The molecule has 3 nitrogen and oxygen atoms in total. The molecule has 0 fully saturated rings. The molecule has 4 heteroatoms. The maximum atomic E-state index is 6.11. The summed E-state index contributed by atoms with van der Waals surface area (Å²) in [5, 5.41) is 3.44. The Morgan fingerprint density at radius 1 is 1.53 bits per heavy atom. The van der Waals surface area contributed by atoms with Crippen LogP contribution in [0.3, 0.4) is 0 Å². The molecule has 2 aliphatic rings. The standard InChI is InChI=1S/C11H14ClN3/c12-9-4-8(5-13-6-9)10-7-14-11-2-1-3-15(10)11/h4,7,9,13H,1-3,5-6H2. The van der Waals surface area contributed by atoms with Crippen LogP contribution in [0.2, 0.25) is 0 Å². The molecule has 1 N–H and O–H groups in total. The van der Waals surface area contributed by atoms with Crippen LogP contribution in [-0.4, -0.2) is 28.0 Å². The van der Waals surface area contributed by atoms with Crippen LogP contribution in [0.15, 0.2) is 12.3 Å². The number of nitrogens with one attached hydrogen (secondary N) is 1. The fraction of sp³-hybridized carbons (Fsp3) is 0.545. The van der Waals surface area contributed by atoms with Crippen molar-refractivity contribution in [3.05, 3.63) is 23.8 Å². The number of halogens is 1. The normalized spacial score (nSPS) is 25.1.